The van der Waals surface area contributed by atoms with Gasteiger partial charge in [-0.3, -0.25) is 0 Å². The molecule has 0 aromatic heterocycles. The zero-order valence-corrected chi connectivity index (χ0v) is 10.00. The molecule has 1 nitrogen and oxygen atoms in total. The van der Waals surface area contributed by atoms with E-state index in [9.17, 15) is 0 Å². The average Bonchev–Trinajstić information content (AvgIpc) is 2.10. The van der Waals surface area contributed by atoms with E-state index in [0.717, 1.165) is 12.4 Å². The van der Waals surface area contributed by atoms with Gasteiger partial charge in [-0.1, -0.05) is 25.7 Å². The van der Waals surface area contributed by atoms with Gasteiger partial charge in [0.25, 0.3) is 0 Å². The summed E-state index contributed by atoms with van der Waals surface area (Å²) in [5.41, 5.74) is 0. The van der Waals surface area contributed by atoms with Crippen molar-refractivity contribution in [2.24, 2.45) is 0 Å². The molecular weight excluding hydrogens is 175 g/mol. The number of thioether (sulfide) groups is 1. The van der Waals surface area contributed by atoms with E-state index in [4.69, 9.17) is 4.74 Å². The molecule has 0 fully saturated rings. The van der Waals surface area contributed by atoms with Crippen LogP contribution in [0.2, 0.25) is 0 Å². The standard InChI is InChI=1S/C10H21OS.Li/c1-3-4-5-6-7-8-9-12-10-11-2;/h1,3-10H2,2H3;/q-1;+1. The van der Waals surface area contributed by atoms with Crippen LogP contribution in [0.1, 0.15) is 38.5 Å². The van der Waals surface area contributed by atoms with Crippen molar-refractivity contribution in [1.29, 1.82) is 0 Å². The molecular formula is C10H21LiOS. The van der Waals surface area contributed by atoms with Crippen LogP contribution in [0.25, 0.3) is 0 Å². The van der Waals surface area contributed by atoms with Crippen molar-refractivity contribution < 1.29 is 23.6 Å². The Balaban J connectivity index is 0. The van der Waals surface area contributed by atoms with E-state index < -0.39 is 0 Å². The maximum Gasteiger partial charge on any atom is 1.00 e. The van der Waals surface area contributed by atoms with Crippen LogP contribution in [-0.4, -0.2) is 18.8 Å². The Hall–Kier alpha value is 0.907. The van der Waals surface area contributed by atoms with Gasteiger partial charge in [0.2, 0.25) is 0 Å². The summed E-state index contributed by atoms with van der Waals surface area (Å²) in [6.45, 7) is 3.82. The van der Waals surface area contributed by atoms with Crippen LogP contribution in [0, 0.1) is 6.92 Å². The van der Waals surface area contributed by atoms with E-state index in [2.05, 4.69) is 6.92 Å². The van der Waals surface area contributed by atoms with Crippen LogP contribution in [0.15, 0.2) is 0 Å². The van der Waals surface area contributed by atoms with Gasteiger partial charge in [-0.2, -0.15) is 6.42 Å². The smallest absolute Gasteiger partial charge is 0.374 e. The van der Waals surface area contributed by atoms with Gasteiger partial charge in [-0.25, -0.2) is 0 Å². The summed E-state index contributed by atoms with van der Waals surface area (Å²) in [5, 5.41) is 0. The van der Waals surface area contributed by atoms with E-state index >= 15 is 0 Å². The van der Waals surface area contributed by atoms with Gasteiger partial charge in [0.1, 0.15) is 0 Å². The second kappa shape index (κ2) is 15.4. The second-order valence-corrected chi connectivity index (χ2v) is 3.99. The Labute approximate surface area is 99.6 Å². The van der Waals surface area contributed by atoms with Crippen LogP contribution in [0.3, 0.4) is 0 Å². The summed E-state index contributed by atoms with van der Waals surface area (Å²) < 4.78 is 4.94. The zero-order valence-electron chi connectivity index (χ0n) is 9.18. The third-order valence-electron chi connectivity index (χ3n) is 1.74. The molecule has 0 atom stereocenters. The van der Waals surface area contributed by atoms with Crippen LogP contribution in [-0.2, 0) is 4.74 Å². The SMILES string of the molecule is [CH2-]CCCCCCCSCOC.[Li+]. The van der Waals surface area contributed by atoms with E-state index in [-0.39, 0.29) is 18.9 Å². The first-order valence-electron chi connectivity index (χ1n) is 4.77. The fraction of sp³-hybridized carbons (Fsp3) is 0.900. The Morgan fingerprint density at radius 2 is 1.69 bits per heavy atom. The molecule has 0 radical (unpaired) electrons. The van der Waals surface area contributed by atoms with Crippen LogP contribution < -0.4 is 18.9 Å². The fourth-order valence-corrected chi connectivity index (χ4v) is 1.75. The normalized spacial score (nSPS) is 9.69. The molecule has 74 valence electrons. The molecule has 0 amide bonds. The number of unbranched alkanes of at least 4 members (excludes halogenated alkanes) is 5. The molecule has 13 heavy (non-hydrogen) atoms. The molecule has 3 heteroatoms. The van der Waals surface area contributed by atoms with Gasteiger partial charge in [0, 0.05) is 7.11 Å². The number of rotatable bonds is 9. The summed E-state index contributed by atoms with van der Waals surface area (Å²) >= 11 is 1.88. The van der Waals surface area contributed by atoms with Gasteiger partial charge in [0.05, 0.1) is 5.94 Å². The molecule has 0 bridgehead atoms. The summed E-state index contributed by atoms with van der Waals surface area (Å²) in [7, 11) is 1.75. The molecule has 0 unspecified atom stereocenters. The number of hydrogen-bond acceptors (Lipinski definition) is 2. The van der Waals surface area contributed by atoms with Gasteiger partial charge in [-0.15, -0.1) is 11.8 Å². The minimum Gasteiger partial charge on any atom is -0.374 e. The fourth-order valence-electron chi connectivity index (χ4n) is 1.05. The molecule has 0 aromatic rings. The molecule has 0 spiro atoms. The Bertz CT molecular complexity index is 71.3. The minimum absolute atomic E-state index is 0. The van der Waals surface area contributed by atoms with E-state index in [1.54, 1.807) is 7.11 Å². The molecule has 0 heterocycles. The van der Waals surface area contributed by atoms with E-state index in [1.165, 1.54) is 37.9 Å². The quantitative estimate of drug-likeness (QED) is 0.230. The maximum absolute atomic E-state index is 4.94. The molecule has 0 aliphatic heterocycles. The van der Waals surface area contributed by atoms with Crippen molar-refractivity contribution >= 4 is 11.8 Å². The predicted molar refractivity (Wildman–Crippen MR) is 57.4 cm³/mol. The largest absolute Gasteiger partial charge is 1.00 e. The van der Waals surface area contributed by atoms with Crippen LogP contribution in [0.4, 0.5) is 0 Å². The van der Waals surface area contributed by atoms with Crippen molar-refractivity contribution in [1.82, 2.24) is 0 Å². The van der Waals surface area contributed by atoms with Crippen molar-refractivity contribution in [2.75, 3.05) is 18.8 Å². The predicted octanol–water partition coefficient (Wildman–Crippen LogP) is 0.502. The molecule has 0 aliphatic carbocycles. The number of methoxy groups -OCH3 is 1. The molecule has 0 saturated carbocycles. The molecule has 0 saturated heterocycles. The van der Waals surface area contributed by atoms with E-state index in [0.29, 0.717) is 0 Å². The van der Waals surface area contributed by atoms with Gasteiger partial charge < -0.3 is 11.7 Å². The molecule has 0 N–H and O–H groups in total. The molecule has 0 aliphatic rings. The van der Waals surface area contributed by atoms with Crippen molar-refractivity contribution in [3.05, 3.63) is 6.92 Å². The summed E-state index contributed by atoms with van der Waals surface area (Å²) in [6.07, 6.45) is 7.84. The van der Waals surface area contributed by atoms with Crippen molar-refractivity contribution in [3.63, 3.8) is 0 Å². The second-order valence-electron chi connectivity index (χ2n) is 2.94. The monoisotopic (exact) mass is 196 g/mol. The minimum atomic E-state index is 0. The summed E-state index contributed by atoms with van der Waals surface area (Å²) in [6, 6.07) is 0. The van der Waals surface area contributed by atoms with Crippen LogP contribution in [0.5, 0.6) is 0 Å². The Morgan fingerprint density at radius 3 is 2.31 bits per heavy atom. The molecule has 0 rings (SSSR count). The third kappa shape index (κ3) is 15.6. The number of hydrogen-bond donors (Lipinski definition) is 0. The summed E-state index contributed by atoms with van der Waals surface area (Å²) in [5.74, 6) is 2.09. The Morgan fingerprint density at radius 1 is 1.08 bits per heavy atom. The zero-order chi connectivity index (χ0) is 9.07. The van der Waals surface area contributed by atoms with Gasteiger partial charge in [0.15, 0.2) is 0 Å². The maximum atomic E-state index is 4.94. The Kier molecular flexibility index (Phi) is 19.3. The summed E-state index contributed by atoms with van der Waals surface area (Å²) in [4.78, 5) is 0. The van der Waals surface area contributed by atoms with Gasteiger partial charge >= 0.3 is 18.9 Å². The first-order chi connectivity index (χ1) is 5.91. The topological polar surface area (TPSA) is 9.23 Å². The average molecular weight is 196 g/mol. The third-order valence-corrected chi connectivity index (χ3v) is 2.72. The first-order valence-corrected chi connectivity index (χ1v) is 5.93. The number of ether oxygens (including phenoxy) is 1. The van der Waals surface area contributed by atoms with Crippen molar-refractivity contribution in [3.8, 4) is 0 Å². The van der Waals surface area contributed by atoms with Gasteiger partial charge in [-0.05, 0) is 12.2 Å². The van der Waals surface area contributed by atoms with Crippen LogP contribution >= 0.6 is 11.8 Å². The van der Waals surface area contributed by atoms with Crippen molar-refractivity contribution in [2.45, 2.75) is 38.5 Å². The van der Waals surface area contributed by atoms with E-state index in [1.807, 2.05) is 11.8 Å². The molecule has 0 aromatic carbocycles. The first kappa shape index (κ1) is 16.3.